The first kappa shape index (κ1) is 17.5. The normalized spacial score (nSPS) is 17.8. The quantitative estimate of drug-likeness (QED) is 0.733. The van der Waals surface area contributed by atoms with E-state index in [1.165, 1.54) is 9.75 Å². The van der Waals surface area contributed by atoms with Crippen LogP contribution >= 0.6 is 11.3 Å². The molecule has 2 saturated heterocycles. The number of nitrogens with zero attached hydrogens (tertiary/aromatic N) is 3. The van der Waals surface area contributed by atoms with Gasteiger partial charge in [-0.2, -0.15) is 0 Å². The number of rotatable bonds is 3. The molecule has 0 aliphatic carbocycles. The maximum atomic E-state index is 12.2. The molecule has 146 valence electrons. The Bertz CT molecular complexity index is 1000. The fourth-order valence-corrected chi connectivity index (χ4v) is 4.47. The Morgan fingerprint density at radius 3 is 2.75 bits per heavy atom. The molecule has 0 spiro atoms. The molecule has 2 fully saturated rings. The molecule has 5 rings (SSSR count). The van der Waals surface area contributed by atoms with Crippen LogP contribution in [0.5, 0.6) is 0 Å². The number of amides is 1. The molecule has 0 radical (unpaired) electrons. The lowest BCUT2D eigenvalue weighted by Crippen LogP contribution is -2.51. The molecule has 0 saturated carbocycles. The van der Waals surface area contributed by atoms with Crippen LogP contribution in [-0.4, -0.2) is 66.5 Å². The van der Waals surface area contributed by atoms with Crippen LogP contribution in [0.25, 0.3) is 21.6 Å². The predicted molar refractivity (Wildman–Crippen MR) is 109 cm³/mol. The van der Waals surface area contributed by atoms with Crippen LogP contribution in [0.3, 0.4) is 0 Å². The standard InChI is InChI=1S/C20H22N4O3S/c1-13-2-3-18(28-13)16-10-15-17(4-5-21-19(15)22-16)23-6-8-24(9-7-23)20(25)27-14-11-26-12-14/h2-5,10,14H,6-9,11-12H2,1H3,(H,21,22). The van der Waals surface area contributed by atoms with Crippen molar-refractivity contribution >= 4 is 34.2 Å². The molecular weight excluding hydrogens is 376 g/mol. The fourth-order valence-electron chi connectivity index (χ4n) is 3.63. The predicted octanol–water partition coefficient (Wildman–Crippen LogP) is 3.26. The molecule has 7 nitrogen and oxygen atoms in total. The van der Waals surface area contributed by atoms with E-state index in [1.807, 2.05) is 6.20 Å². The SMILES string of the molecule is Cc1ccc(-c2cc3c(N4CCN(C(=O)OC5COC5)CC4)ccnc3[nH]2)s1. The number of carbonyl (C=O) groups is 1. The summed E-state index contributed by atoms with van der Waals surface area (Å²) in [7, 11) is 0. The van der Waals surface area contributed by atoms with Crippen LogP contribution in [0.1, 0.15) is 4.88 Å². The molecule has 2 aliphatic rings. The molecule has 8 heteroatoms. The number of aromatic amines is 1. The van der Waals surface area contributed by atoms with E-state index in [2.05, 4.69) is 46.1 Å². The third-order valence-corrected chi connectivity index (χ3v) is 6.30. The minimum absolute atomic E-state index is 0.0792. The highest BCUT2D eigenvalue weighted by Gasteiger charge is 2.28. The van der Waals surface area contributed by atoms with Gasteiger partial charge in [0.05, 0.1) is 23.8 Å². The van der Waals surface area contributed by atoms with E-state index in [1.54, 1.807) is 16.2 Å². The Morgan fingerprint density at radius 1 is 1.25 bits per heavy atom. The summed E-state index contributed by atoms with van der Waals surface area (Å²) in [6, 6.07) is 8.51. The molecule has 3 aromatic rings. The number of carbonyl (C=O) groups excluding carboxylic acids is 1. The number of aromatic nitrogens is 2. The van der Waals surface area contributed by atoms with Crippen molar-refractivity contribution in [3.63, 3.8) is 0 Å². The molecule has 0 atom stereocenters. The number of hydrogen-bond donors (Lipinski definition) is 1. The zero-order chi connectivity index (χ0) is 19.1. The van der Waals surface area contributed by atoms with Gasteiger partial charge in [-0.25, -0.2) is 9.78 Å². The van der Waals surface area contributed by atoms with Gasteiger partial charge < -0.3 is 24.3 Å². The van der Waals surface area contributed by atoms with E-state index in [9.17, 15) is 4.79 Å². The van der Waals surface area contributed by atoms with Crippen molar-refractivity contribution in [1.82, 2.24) is 14.9 Å². The molecule has 1 N–H and O–H groups in total. The van der Waals surface area contributed by atoms with Crippen LogP contribution in [0.2, 0.25) is 0 Å². The maximum Gasteiger partial charge on any atom is 0.410 e. The van der Waals surface area contributed by atoms with Crippen molar-refractivity contribution in [2.75, 3.05) is 44.3 Å². The average molecular weight is 398 g/mol. The summed E-state index contributed by atoms with van der Waals surface area (Å²) in [5.41, 5.74) is 3.14. The molecule has 0 bridgehead atoms. The molecule has 0 aromatic carbocycles. The lowest BCUT2D eigenvalue weighted by Gasteiger charge is -2.37. The van der Waals surface area contributed by atoms with Crippen molar-refractivity contribution in [3.05, 3.63) is 35.3 Å². The van der Waals surface area contributed by atoms with Crippen LogP contribution in [0.4, 0.5) is 10.5 Å². The van der Waals surface area contributed by atoms with Gasteiger partial charge in [-0.1, -0.05) is 0 Å². The maximum absolute atomic E-state index is 12.2. The Morgan fingerprint density at radius 2 is 2.07 bits per heavy atom. The highest BCUT2D eigenvalue weighted by molar-refractivity contribution is 7.15. The number of nitrogens with one attached hydrogen (secondary N) is 1. The minimum Gasteiger partial charge on any atom is -0.441 e. The fraction of sp³-hybridized carbons (Fsp3) is 0.400. The number of thiophene rings is 1. The number of aryl methyl sites for hydroxylation is 1. The lowest BCUT2D eigenvalue weighted by atomic mass is 10.2. The topological polar surface area (TPSA) is 70.7 Å². The molecular formula is C20H22N4O3S. The average Bonchev–Trinajstić information content (AvgIpc) is 3.30. The molecule has 1 amide bonds. The molecule has 0 unspecified atom stereocenters. The number of piperazine rings is 1. The van der Waals surface area contributed by atoms with Crippen molar-refractivity contribution in [2.24, 2.45) is 0 Å². The highest BCUT2D eigenvalue weighted by atomic mass is 32.1. The first-order valence-corrected chi connectivity index (χ1v) is 10.3. The Labute approximate surface area is 166 Å². The number of pyridine rings is 1. The van der Waals surface area contributed by atoms with E-state index in [-0.39, 0.29) is 12.2 Å². The number of H-pyrrole nitrogens is 1. The third-order valence-electron chi connectivity index (χ3n) is 5.27. The summed E-state index contributed by atoms with van der Waals surface area (Å²) in [6.45, 7) is 5.99. The van der Waals surface area contributed by atoms with Gasteiger partial charge in [0.25, 0.3) is 0 Å². The summed E-state index contributed by atoms with van der Waals surface area (Å²) in [5, 5.41) is 1.12. The summed E-state index contributed by atoms with van der Waals surface area (Å²) >= 11 is 1.77. The zero-order valence-electron chi connectivity index (χ0n) is 15.7. The van der Waals surface area contributed by atoms with E-state index in [0.29, 0.717) is 26.3 Å². The summed E-state index contributed by atoms with van der Waals surface area (Å²) < 4.78 is 10.5. The van der Waals surface area contributed by atoms with Crippen molar-refractivity contribution < 1.29 is 14.3 Å². The van der Waals surface area contributed by atoms with E-state index in [0.717, 1.165) is 35.5 Å². The third kappa shape index (κ3) is 3.22. The number of anilines is 1. The van der Waals surface area contributed by atoms with Gasteiger partial charge in [0, 0.05) is 48.3 Å². The van der Waals surface area contributed by atoms with Crippen molar-refractivity contribution in [1.29, 1.82) is 0 Å². The van der Waals surface area contributed by atoms with E-state index in [4.69, 9.17) is 9.47 Å². The van der Waals surface area contributed by atoms with Crippen molar-refractivity contribution in [2.45, 2.75) is 13.0 Å². The van der Waals surface area contributed by atoms with Gasteiger partial charge in [-0.15, -0.1) is 11.3 Å². The zero-order valence-corrected chi connectivity index (χ0v) is 16.5. The number of hydrogen-bond acceptors (Lipinski definition) is 6. The Balaban J connectivity index is 1.32. The lowest BCUT2D eigenvalue weighted by molar-refractivity contribution is -0.104. The number of ether oxygens (including phenoxy) is 2. The summed E-state index contributed by atoms with van der Waals surface area (Å²) in [5.74, 6) is 0. The first-order chi connectivity index (χ1) is 13.7. The second-order valence-electron chi connectivity index (χ2n) is 7.20. The second kappa shape index (κ2) is 7.10. The Hall–Kier alpha value is -2.58. The van der Waals surface area contributed by atoms with E-state index >= 15 is 0 Å². The van der Waals surface area contributed by atoms with Crippen molar-refractivity contribution in [3.8, 4) is 10.6 Å². The largest absolute Gasteiger partial charge is 0.441 e. The van der Waals surface area contributed by atoms with Gasteiger partial charge >= 0.3 is 6.09 Å². The summed E-state index contributed by atoms with van der Waals surface area (Å²) in [4.78, 5) is 26.8. The van der Waals surface area contributed by atoms with Crippen LogP contribution in [-0.2, 0) is 9.47 Å². The molecule has 5 heterocycles. The van der Waals surface area contributed by atoms with Gasteiger partial charge in [0.1, 0.15) is 5.65 Å². The van der Waals surface area contributed by atoms with E-state index < -0.39 is 0 Å². The first-order valence-electron chi connectivity index (χ1n) is 9.50. The van der Waals surface area contributed by atoms with Crippen LogP contribution in [0.15, 0.2) is 30.5 Å². The Kier molecular flexibility index (Phi) is 4.44. The monoisotopic (exact) mass is 398 g/mol. The summed E-state index contributed by atoms with van der Waals surface area (Å²) in [6.07, 6.45) is 1.53. The second-order valence-corrected chi connectivity index (χ2v) is 8.49. The van der Waals surface area contributed by atoms with Crippen LogP contribution in [0, 0.1) is 6.92 Å². The number of fused-ring (bicyclic) bond motifs is 1. The smallest absolute Gasteiger partial charge is 0.410 e. The molecule has 2 aliphatic heterocycles. The minimum atomic E-state index is -0.232. The van der Waals surface area contributed by atoms with Crippen LogP contribution < -0.4 is 4.90 Å². The van der Waals surface area contributed by atoms with Gasteiger partial charge in [-0.3, -0.25) is 0 Å². The van der Waals surface area contributed by atoms with Gasteiger partial charge in [0.15, 0.2) is 6.10 Å². The molecule has 3 aromatic heterocycles. The van der Waals surface area contributed by atoms with Gasteiger partial charge in [-0.05, 0) is 31.2 Å². The highest BCUT2D eigenvalue weighted by Crippen LogP contribution is 2.33. The van der Waals surface area contributed by atoms with Gasteiger partial charge in [0.2, 0.25) is 0 Å². The molecule has 28 heavy (non-hydrogen) atoms.